The first kappa shape index (κ1) is 24.3. The Balaban J connectivity index is 2.04. The van der Waals surface area contributed by atoms with E-state index >= 15 is 0 Å². The summed E-state index contributed by atoms with van der Waals surface area (Å²) in [5.74, 6) is -0.541. The number of rotatable bonds is 10. The number of nitrogens with zero attached hydrogens (tertiary/aromatic N) is 3. The lowest BCUT2D eigenvalue weighted by Gasteiger charge is -2.22. The minimum absolute atomic E-state index is 0.324. The summed E-state index contributed by atoms with van der Waals surface area (Å²) in [7, 11) is 4.09. The molecule has 0 radical (unpaired) electrons. The van der Waals surface area contributed by atoms with Gasteiger partial charge >= 0.3 is 0 Å². The van der Waals surface area contributed by atoms with E-state index in [2.05, 4.69) is 34.1 Å². The van der Waals surface area contributed by atoms with Crippen molar-refractivity contribution in [1.29, 1.82) is 0 Å². The number of likely N-dealkylation sites (N-methyl/N-ethyl adjacent to an activating group) is 2. The summed E-state index contributed by atoms with van der Waals surface area (Å²) < 4.78 is 0. The number of aliphatic hydroxyl groups excluding tert-OH is 1. The molecule has 2 atom stereocenters. The van der Waals surface area contributed by atoms with Crippen LogP contribution in [0.2, 0.25) is 0 Å². The van der Waals surface area contributed by atoms with Crippen molar-refractivity contribution >= 4 is 17.6 Å². The molecule has 1 aromatic heterocycles. The molecule has 2 rings (SSSR count). The second-order valence-electron chi connectivity index (χ2n) is 7.47. The minimum Gasteiger partial charge on any atom is -0.391 e. The molecule has 4 N–H and O–H groups in total. The smallest absolute Gasteiger partial charge is 0.268 e. The highest BCUT2D eigenvalue weighted by Gasteiger charge is 2.25. The monoisotopic (exact) mass is 429 g/mol. The first-order chi connectivity index (χ1) is 14.8. The quantitative estimate of drug-likeness (QED) is 0.330. The number of carbonyl (C=O) groups excluding carboxylic acids is 2. The highest BCUT2D eigenvalue weighted by molar-refractivity contribution is 5.97. The molecule has 0 aliphatic heterocycles. The number of nitrogens with one attached hydrogen (secondary N) is 2. The Kier molecular flexibility index (Phi) is 8.92. The topological polar surface area (TPSA) is 118 Å². The van der Waals surface area contributed by atoms with Gasteiger partial charge in [-0.25, -0.2) is 10.5 Å². The third kappa shape index (κ3) is 6.74. The van der Waals surface area contributed by atoms with Gasteiger partial charge in [0.2, 0.25) is 0 Å². The van der Waals surface area contributed by atoms with E-state index in [1.54, 1.807) is 30.5 Å². The fourth-order valence-corrected chi connectivity index (χ4v) is 2.89. The predicted octanol–water partition coefficient (Wildman–Crippen LogP) is 1.12. The Morgan fingerprint density at radius 1 is 1.06 bits per heavy atom. The zero-order valence-corrected chi connectivity index (χ0v) is 18.4. The number of amides is 2. The van der Waals surface area contributed by atoms with Gasteiger partial charge in [-0.15, -0.1) is 0 Å². The molecule has 0 fully saturated rings. The maximum atomic E-state index is 12.4. The van der Waals surface area contributed by atoms with E-state index in [1.165, 1.54) is 12.4 Å². The first-order valence-electron chi connectivity index (χ1n) is 10.2. The van der Waals surface area contributed by atoms with E-state index in [4.69, 9.17) is 5.21 Å². The van der Waals surface area contributed by atoms with Gasteiger partial charge in [-0.1, -0.05) is 19.1 Å². The van der Waals surface area contributed by atoms with Crippen LogP contribution in [0.15, 0.2) is 42.6 Å². The zero-order valence-electron chi connectivity index (χ0n) is 18.4. The number of benzene rings is 1. The van der Waals surface area contributed by atoms with E-state index in [9.17, 15) is 14.7 Å². The molecule has 9 heteroatoms. The number of hydroxylamine groups is 1. The van der Waals surface area contributed by atoms with Crippen LogP contribution in [-0.4, -0.2) is 77.9 Å². The standard InChI is InChI=1S/C22H31N5O4/c1-5-26(3)12-13-27(4)19-11-10-18(14-23-19)16-6-8-17(9-7-16)21(29)24-20(15(2)28)22(30)25-31/h6-11,14-15,20,28,31H,5,12-13H2,1-4H3,(H,24,29)(H,25,30)/t15-,20+/m1/s1. The van der Waals surface area contributed by atoms with Crippen LogP contribution >= 0.6 is 0 Å². The molecule has 1 heterocycles. The molecule has 2 aromatic rings. The Morgan fingerprint density at radius 2 is 1.71 bits per heavy atom. The van der Waals surface area contributed by atoms with Gasteiger partial charge in [0.05, 0.1) is 6.10 Å². The van der Waals surface area contributed by atoms with E-state index in [1.807, 2.05) is 19.2 Å². The number of aliphatic hydroxyl groups is 1. The number of pyridine rings is 1. The molecule has 0 unspecified atom stereocenters. The molecular formula is C22H31N5O4. The molecule has 2 amide bonds. The summed E-state index contributed by atoms with van der Waals surface area (Å²) in [6.07, 6.45) is 0.625. The van der Waals surface area contributed by atoms with Gasteiger partial charge in [-0.05, 0) is 50.3 Å². The molecule has 1 aromatic carbocycles. The number of aromatic nitrogens is 1. The number of carbonyl (C=O) groups is 2. The van der Waals surface area contributed by atoms with Crippen molar-refractivity contribution in [2.75, 3.05) is 38.6 Å². The average molecular weight is 430 g/mol. The Hall–Kier alpha value is -3.01. The second kappa shape index (κ2) is 11.4. The van der Waals surface area contributed by atoms with Crippen molar-refractivity contribution in [3.63, 3.8) is 0 Å². The molecule has 0 aliphatic rings. The molecule has 31 heavy (non-hydrogen) atoms. The normalized spacial score (nSPS) is 12.9. The van der Waals surface area contributed by atoms with Crippen molar-refractivity contribution in [3.8, 4) is 11.1 Å². The van der Waals surface area contributed by atoms with Crippen molar-refractivity contribution in [3.05, 3.63) is 48.2 Å². The SMILES string of the molecule is CCN(C)CCN(C)c1ccc(-c2ccc(C(=O)N[C@H](C(=O)NO)[C@@H](C)O)cc2)cn1. The van der Waals surface area contributed by atoms with E-state index < -0.39 is 24.0 Å². The lowest BCUT2D eigenvalue weighted by molar-refractivity contribution is -0.133. The lowest BCUT2D eigenvalue weighted by atomic mass is 10.0. The van der Waals surface area contributed by atoms with Gasteiger partial charge in [-0.2, -0.15) is 0 Å². The van der Waals surface area contributed by atoms with Crippen molar-refractivity contribution in [2.45, 2.75) is 26.0 Å². The van der Waals surface area contributed by atoms with Crippen LogP contribution in [0.25, 0.3) is 11.1 Å². The summed E-state index contributed by atoms with van der Waals surface area (Å²) in [4.78, 5) is 32.8. The predicted molar refractivity (Wildman–Crippen MR) is 119 cm³/mol. The van der Waals surface area contributed by atoms with Crippen LogP contribution in [0, 0.1) is 0 Å². The fourth-order valence-electron chi connectivity index (χ4n) is 2.89. The summed E-state index contributed by atoms with van der Waals surface area (Å²) in [5.41, 5.74) is 3.57. The van der Waals surface area contributed by atoms with E-state index in [0.717, 1.165) is 36.6 Å². The van der Waals surface area contributed by atoms with Gasteiger partial charge in [0, 0.05) is 37.5 Å². The lowest BCUT2D eigenvalue weighted by Crippen LogP contribution is -2.51. The van der Waals surface area contributed by atoms with Gasteiger partial charge in [-0.3, -0.25) is 14.8 Å². The van der Waals surface area contributed by atoms with Crippen LogP contribution in [0.1, 0.15) is 24.2 Å². The molecule has 168 valence electrons. The highest BCUT2D eigenvalue weighted by atomic mass is 16.5. The Labute approximate surface area is 182 Å². The van der Waals surface area contributed by atoms with Crippen molar-refractivity contribution in [2.24, 2.45) is 0 Å². The van der Waals surface area contributed by atoms with Crippen LogP contribution in [0.3, 0.4) is 0 Å². The summed E-state index contributed by atoms with van der Waals surface area (Å²) in [6, 6.07) is 9.50. The van der Waals surface area contributed by atoms with Crippen molar-refractivity contribution < 1.29 is 19.9 Å². The number of anilines is 1. The summed E-state index contributed by atoms with van der Waals surface area (Å²) >= 11 is 0. The van der Waals surface area contributed by atoms with Gasteiger partial charge < -0.3 is 20.2 Å². The average Bonchev–Trinajstić information content (AvgIpc) is 2.80. The van der Waals surface area contributed by atoms with Gasteiger partial charge in [0.15, 0.2) is 0 Å². The van der Waals surface area contributed by atoms with Gasteiger partial charge in [0.25, 0.3) is 11.8 Å². The Bertz CT molecular complexity index is 855. The highest BCUT2D eigenvalue weighted by Crippen LogP contribution is 2.21. The summed E-state index contributed by atoms with van der Waals surface area (Å²) in [5, 5.41) is 20.8. The Morgan fingerprint density at radius 3 is 2.23 bits per heavy atom. The molecule has 0 saturated carbocycles. The minimum atomic E-state index is -1.26. The van der Waals surface area contributed by atoms with Crippen LogP contribution in [-0.2, 0) is 4.79 Å². The zero-order chi connectivity index (χ0) is 23.0. The first-order valence-corrected chi connectivity index (χ1v) is 10.2. The third-order valence-electron chi connectivity index (χ3n) is 5.14. The molecule has 0 saturated heterocycles. The number of hydrogen-bond donors (Lipinski definition) is 4. The largest absolute Gasteiger partial charge is 0.391 e. The van der Waals surface area contributed by atoms with Gasteiger partial charge in [0.1, 0.15) is 11.9 Å². The summed E-state index contributed by atoms with van der Waals surface area (Å²) in [6.45, 7) is 6.30. The molecular weight excluding hydrogens is 398 g/mol. The fraction of sp³-hybridized carbons (Fsp3) is 0.409. The molecule has 0 spiro atoms. The molecule has 0 aliphatic carbocycles. The molecule has 9 nitrogen and oxygen atoms in total. The van der Waals surface area contributed by atoms with E-state index in [-0.39, 0.29) is 0 Å². The maximum Gasteiger partial charge on any atom is 0.268 e. The molecule has 0 bridgehead atoms. The maximum absolute atomic E-state index is 12.4. The van der Waals surface area contributed by atoms with E-state index in [0.29, 0.717) is 5.56 Å². The number of hydrogen-bond acceptors (Lipinski definition) is 7. The van der Waals surface area contributed by atoms with Crippen LogP contribution in [0.4, 0.5) is 5.82 Å². The van der Waals surface area contributed by atoms with Crippen LogP contribution < -0.4 is 15.7 Å². The second-order valence-corrected chi connectivity index (χ2v) is 7.47. The third-order valence-corrected chi connectivity index (χ3v) is 5.14. The van der Waals surface area contributed by atoms with Crippen molar-refractivity contribution in [1.82, 2.24) is 20.7 Å². The van der Waals surface area contributed by atoms with Crippen LogP contribution in [0.5, 0.6) is 0 Å².